The summed E-state index contributed by atoms with van der Waals surface area (Å²) in [5.74, 6) is 1.63. The van der Waals surface area contributed by atoms with Gasteiger partial charge in [-0.05, 0) is 34.6 Å². The molecule has 5 nitrogen and oxygen atoms in total. The van der Waals surface area contributed by atoms with Crippen molar-refractivity contribution in [2.75, 3.05) is 13.7 Å². The largest absolute Gasteiger partial charge is 0.497 e. The van der Waals surface area contributed by atoms with E-state index in [1.807, 2.05) is 22.6 Å². The van der Waals surface area contributed by atoms with Crippen LogP contribution in [0.3, 0.4) is 0 Å². The predicted molar refractivity (Wildman–Crippen MR) is 74.1 cm³/mol. The van der Waals surface area contributed by atoms with Crippen LogP contribution in [0.5, 0.6) is 5.75 Å². The highest BCUT2D eigenvalue weighted by molar-refractivity contribution is 9.10. The van der Waals surface area contributed by atoms with E-state index in [1.165, 1.54) is 0 Å². The number of fused-ring (bicyclic) bond motifs is 3. The molecule has 0 saturated carbocycles. The van der Waals surface area contributed by atoms with Gasteiger partial charge in [0.15, 0.2) is 0 Å². The first-order valence-corrected chi connectivity index (χ1v) is 6.46. The number of nitrogens with zero attached hydrogens (tertiary/aromatic N) is 2. The molecule has 3 N–H and O–H groups in total. The normalized spacial score (nSPS) is 11.5. The van der Waals surface area contributed by atoms with Crippen LogP contribution in [0.15, 0.2) is 22.8 Å². The molecule has 0 aliphatic heterocycles. The minimum absolute atomic E-state index is 0.601. The van der Waals surface area contributed by atoms with Gasteiger partial charge < -0.3 is 15.5 Å². The van der Waals surface area contributed by atoms with E-state index in [1.54, 1.807) is 7.11 Å². The Hall–Kier alpha value is -1.53. The molecule has 0 aliphatic rings. The number of aromatic amines is 1. The van der Waals surface area contributed by atoms with Gasteiger partial charge >= 0.3 is 0 Å². The van der Waals surface area contributed by atoms with Crippen molar-refractivity contribution in [3.63, 3.8) is 0 Å². The van der Waals surface area contributed by atoms with E-state index in [0.29, 0.717) is 6.54 Å². The van der Waals surface area contributed by atoms with E-state index in [2.05, 4.69) is 25.9 Å². The Labute approximate surface area is 112 Å². The quantitative estimate of drug-likeness (QED) is 0.778. The smallest absolute Gasteiger partial charge is 0.213 e. The van der Waals surface area contributed by atoms with Crippen LogP contribution in [-0.4, -0.2) is 28.0 Å². The van der Waals surface area contributed by atoms with Crippen LogP contribution < -0.4 is 10.5 Å². The molecular formula is C12H13BrN4O. The van der Waals surface area contributed by atoms with Gasteiger partial charge in [0.1, 0.15) is 10.4 Å². The summed E-state index contributed by atoms with van der Waals surface area (Å²) in [4.78, 5) is 7.81. The SMILES string of the molecule is COc1ccc2nc3[nH]c(CCN)c(Br)n3c2c1. The molecule has 0 amide bonds. The van der Waals surface area contributed by atoms with E-state index in [-0.39, 0.29) is 0 Å². The Bertz CT molecular complexity index is 716. The number of nitrogens with two attached hydrogens (primary N) is 1. The van der Waals surface area contributed by atoms with Gasteiger partial charge in [0.2, 0.25) is 5.78 Å². The number of imidazole rings is 2. The Kier molecular flexibility index (Phi) is 2.76. The summed E-state index contributed by atoms with van der Waals surface area (Å²) in [5, 5.41) is 0. The van der Waals surface area contributed by atoms with Crippen molar-refractivity contribution in [2.24, 2.45) is 5.73 Å². The molecule has 3 rings (SSSR count). The number of rotatable bonds is 3. The van der Waals surface area contributed by atoms with Crippen molar-refractivity contribution in [1.82, 2.24) is 14.4 Å². The number of H-pyrrole nitrogens is 1. The lowest BCUT2D eigenvalue weighted by Crippen LogP contribution is -2.03. The zero-order valence-electron chi connectivity index (χ0n) is 9.90. The van der Waals surface area contributed by atoms with Gasteiger partial charge in [-0.2, -0.15) is 0 Å². The van der Waals surface area contributed by atoms with Crippen LogP contribution in [0.1, 0.15) is 5.69 Å². The van der Waals surface area contributed by atoms with Crippen molar-refractivity contribution in [3.05, 3.63) is 28.5 Å². The summed E-state index contributed by atoms with van der Waals surface area (Å²) in [5.41, 5.74) is 8.59. The molecule has 2 heterocycles. The zero-order chi connectivity index (χ0) is 12.7. The average Bonchev–Trinajstić information content (AvgIpc) is 2.87. The van der Waals surface area contributed by atoms with Gasteiger partial charge in [0, 0.05) is 12.5 Å². The number of aromatic nitrogens is 3. The zero-order valence-corrected chi connectivity index (χ0v) is 11.5. The number of hydrogen-bond acceptors (Lipinski definition) is 3. The van der Waals surface area contributed by atoms with E-state index >= 15 is 0 Å². The fourth-order valence-corrected chi connectivity index (χ4v) is 2.75. The van der Waals surface area contributed by atoms with E-state index in [9.17, 15) is 0 Å². The number of benzene rings is 1. The lowest BCUT2D eigenvalue weighted by Gasteiger charge is -2.00. The van der Waals surface area contributed by atoms with Crippen molar-refractivity contribution in [1.29, 1.82) is 0 Å². The summed E-state index contributed by atoms with van der Waals surface area (Å²) in [6.07, 6.45) is 0.787. The van der Waals surface area contributed by atoms with Crippen LogP contribution in [0.4, 0.5) is 0 Å². The molecule has 0 atom stereocenters. The Morgan fingerprint density at radius 2 is 2.33 bits per heavy atom. The van der Waals surface area contributed by atoms with Gasteiger partial charge in [-0.1, -0.05) is 0 Å². The summed E-state index contributed by atoms with van der Waals surface area (Å²) in [7, 11) is 1.66. The molecule has 0 aliphatic carbocycles. The number of ether oxygens (including phenoxy) is 1. The van der Waals surface area contributed by atoms with Crippen LogP contribution in [0.2, 0.25) is 0 Å². The molecule has 0 unspecified atom stereocenters. The van der Waals surface area contributed by atoms with Gasteiger partial charge in [-0.25, -0.2) is 4.98 Å². The van der Waals surface area contributed by atoms with Crippen molar-refractivity contribution < 1.29 is 4.74 Å². The molecule has 18 heavy (non-hydrogen) atoms. The van der Waals surface area contributed by atoms with Crippen LogP contribution in [0, 0.1) is 0 Å². The summed E-state index contributed by atoms with van der Waals surface area (Å²) < 4.78 is 8.25. The second-order valence-electron chi connectivity index (χ2n) is 4.06. The lowest BCUT2D eigenvalue weighted by molar-refractivity contribution is 0.415. The monoisotopic (exact) mass is 308 g/mol. The minimum Gasteiger partial charge on any atom is -0.497 e. The van der Waals surface area contributed by atoms with Crippen LogP contribution in [-0.2, 0) is 6.42 Å². The second-order valence-corrected chi connectivity index (χ2v) is 4.81. The topological polar surface area (TPSA) is 68.3 Å². The molecule has 0 radical (unpaired) electrons. The third kappa shape index (κ3) is 1.60. The highest BCUT2D eigenvalue weighted by Crippen LogP contribution is 2.27. The molecule has 6 heteroatoms. The average molecular weight is 309 g/mol. The molecule has 94 valence electrons. The van der Waals surface area contributed by atoms with Gasteiger partial charge in [-0.15, -0.1) is 0 Å². The lowest BCUT2D eigenvalue weighted by atomic mass is 10.3. The van der Waals surface area contributed by atoms with Crippen molar-refractivity contribution in [3.8, 4) is 5.75 Å². The molecule has 0 bridgehead atoms. The fourth-order valence-electron chi connectivity index (χ4n) is 2.10. The third-order valence-corrected chi connectivity index (χ3v) is 3.80. The van der Waals surface area contributed by atoms with E-state index in [4.69, 9.17) is 10.5 Å². The van der Waals surface area contributed by atoms with Gasteiger partial charge in [0.25, 0.3) is 0 Å². The molecule has 0 spiro atoms. The second kappa shape index (κ2) is 4.29. The summed E-state index contributed by atoms with van der Waals surface area (Å²) in [6, 6.07) is 5.83. The molecule has 0 saturated heterocycles. The molecule has 2 aromatic heterocycles. The first kappa shape index (κ1) is 11.6. The Morgan fingerprint density at radius 3 is 3.06 bits per heavy atom. The third-order valence-electron chi connectivity index (χ3n) is 2.96. The van der Waals surface area contributed by atoms with E-state index in [0.717, 1.165) is 39.3 Å². The number of hydrogen-bond donors (Lipinski definition) is 2. The predicted octanol–water partition coefficient (Wildman–Crippen LogP) is 2.09. The molecular weight excluding hydrogens is 296 g/mol. The standard InChI is InChI=1S/C12H13BrN4O/c1-18-7-2-3-8-10(6-7)17-11(13)9(4-5-14)16-12(17)15-8/h2-3,6H,4-5,14H2,1H3,(H,15,16). The van der Waals surface area contributed by atoms with Crippen LogP contribution >= 0.6 is 15.9 Å². The Morgan fingerprint density at radius 1 is 1.50 bits per heavy atom. The first-order valence-electron chi connectivity index (χ1n) is 5.67. The maximum atomic E-state index is 5.59. The fraction of sp³-hybridized carbons (Fsp3) is 0.250. The Balaban J connectivity index is 2.31. The number of halogens is 1. The number of methoxy groups -OCH3 is 1. The number of nitrogens with one attached hydrogen (secondary N) is 1. The molecule has 3 aromatic rings. The van der Waals surface area contributed by atoms with Gasteiger partial charge in [-0.3, -0.25) is 4.40 Å². The highest BCUT2D eigenvalue weighted by atomic mass is 79.9. The van der Waals surface area contributed by atoms with Crippen molar-refractivity contribution >= 4 is 32.7 Å². The van der Waals surface area contributed by atoms with Crippen molar-refractivity contribution in [2.45, 2.75) is 6.42 Å². The van der Waals surface area contributed by atoms with Crippen LogP contribution in [0.25, 0.3) is 16.8 Å². The molecule has 1 aromatic carbocycles. The summed E-state index contributed by atoms with van der Waals surface area (Å²) in [6.45, 7) is 0.601. The minimum atomic E-state index is 0.601. The van der Waals surface area contributed by atoms with Gasteiger partial charge in [0.05, 0.1) is 23.8 Å². The summed E-state index contributed by atoms with van der Waals surface area (Å²) >= 11 is 3.59. The first-order chi connectivity index (χ1) is 8.74. The van der Waals surface area contributed by atoms with E-state index < -0.39 is 0 Å². The molecule has 0 fully saturated rings. The maximum absolute atomic E-state index is 5.59. The highest BCUT2D eigenvalue weighted by Gasteiger charge is 2.13. The maximum Gasteiger partial charge on any atom is 0.213 e.